The maximum atomic E-state index is 11.8. The third kappa shape index (κ3) is 8.22. The Morgan fingerprint density at radius 3 is 2.50 bits per heavy atom. The highest BCUT2D eigenvalue weighted by molar-refractivity contribution is 14.0. The highest BCUT2D eigenvalue weighted by atomic mass is 127. The van der Waals surface area contributed by atoms with Crippen molar-refractivity contribution in [2.45, 2.75) is 26.3 Å². The molecule has 7 heteroatoms. The average Bonchev–Trinajstić information content (AvgIpc) is 2.77. The van der Waals surface area contributed by atoms with Gasteiger partial charge in [-0.05, 0) is 50.1 Å². The molecule has 0 aliphatic carbocycles. The van der Waals surface area contributed by atoms with E-state index in [-0.39, 0.29) is 35.9 Å². The summed E-state index contributed by atoms with van der Waals surface area (Å²) in [5, 5.41) is 9.34. The number of para-hydroxylation sites is 1. The molecule has 0 spiro atoms. The van der Waals surface area contributed by atoms with Crippen LogP contribution < -0.4 is 20.9 Å². The van der Waals surface area contributed by atoms with E-state index < -0.39 is 0 Å². The minimum atomic E-state index is -0.0637. The summed E-state index contributed by atoms with van der Waals surface area (Å²) in [5.41, 5.74) is 2.99. The number of nitrogens with one attached hydrogen (secondary N) is 3. The van der Waals surface area contributed by atoms with Crippen LogP contribution in [0.4, 0.5) is 5.69 Å². The molecule has 0 heterocycles. The standard InChI is InChI=1S/C23H33N5O.HI/c1-5-25-23(27-17-18(2)28(4)21-12-7-6-8-13-21)26-15-14-19-10-9-11-20(16-19)22(29)24-3;/h6-13,16,18H,5,14-15,17H2,1-4H3,(H,24,29)(H2,25,26,27);1H. The summed E-state index contributed by atoms with van der Waals surface area (Å²) in [4.78, 5) is 18.8. The van der Waals surface area contributed by atoms with Crippen molar-refractivity contribution in [3.8, 4) is 0 Å². The van der Waals surface area contributed by atoms with Gasteiger partial charge in [-0.25, -0.2) is 0 Å². The SMILES string of the molecule is CCNC(=NCC(C)N(C)c1ccccc1)NCCc1cccc(C(=O)NC)c1.I. The Kier molecular flexibility index (Phi) is 11.9. The smallest absolute Gasteiger partial charge is 0.251 e. The first-order valence-electron chi connectivity index (χ1n) is 10.2. The number of halogens is 1. The Morgan fingerprint density at radius 1 is 1.10 bits per heavy atom. The maximum Gasteiger partial charge on any atom is 0.251 e. The van der Waals surface area contributed by atoms with E-state index in [4.69, 9.17) is 4.99 Å². The van der Waals surface area contributed by atoms with Gasteiger partial charge in [0.05, 0.1) is 6.54 Å². The van der Waals surface area contributed by atoms with Crippen LogP contribution in [0.3, 0.4) is 0 Å². The van der Waals surface area contributed by atoms with Crippen molar-refractivity contribution in [1.82, 2.24) is 16.0 Å². The molecule has 0 saturated heterocycles. The Balaban J connectivity index is 0.00000450. The molecular formula is C23H34IN5O. The van der Waals surface area contributed by atoms with E-state index >= 15 is 0 Å². The number of rotatable bonds is 9. The van der Waals surface area contributed by atoms with E-state index in [1.165, 1.54) is 5.69 Å². The van der Waals surface area contributed by atoms with Crippen molar-refractivity contribution in [3.05, 3.63) is 65.7 Å². The van der Waals surface area contributed by atoms with Crippen LogP contribution in [0.25, 0.3) is 0 Å². The lowest BCUT2D eigenvalue weighted by Crippen LogP contribution is -2.40. The molecule has 0 aliphatic heterocycles. The molecule has 1 unspecified atom stereocenters. The third-order valence-electron chi connectivity index (χ3n) is 4.80. The lowest BCUT2D eigenvalue weighted by molar-refractivity contribution is 0.0963. The molecule has 0 saturated carbocycles. The van der Waals surface area contributed by atoms with Crippen LogP contribution in [0.1, 0.15) is 29.8 Å². The van der Waals surface area contributed by atoms with Gasteiger partial charge >= 0.3 is 0 Å². The van der Waals surface area contributed by atoms with Crippen molar-refractivity contribution < 1.29 is 4.79 Å². The minimum Gasteiger partial charge on any atom is -0.370 e. The van der Waals surface area contributed by atoms with Crippen molar-refractivity contribution in [2.24, 2.45) is 4.99 Å². The second-order valence-corrected chi connectivity index (χ2v) is 6.97. The molecule has 0 bridgehead atoms. The lowest BCUT2D eigenvalue weighted by atomic mass is 10.1. The Hall–Kier alpha value is -2.29. The lowest BCUT2D eigenvalue weighted by Gasteiger charge is -2.26. The van der Waals surface area contributed by atoms with Gasteiger partial charge in [0.15, 0.2) is 5.96 Å². The van der Waals surface area contributed by atoms with Gasteiger partial charge < -0.3 is 20.9 Å². The zero-order valence-corrected chi connectivity index (χ0v) is 20.6. The van der Waals surface area contributed by atoms with Crippen molar-refractivity contribution in [2.75, 3.05) is 38.6 Å². The number of likely N-dealkylation sites (N-methyl/N-ethyl adjacent to an activating group) is 1. The van der Waals surface area contributed by atoms with Crippen molar-refractivity contribution in [3.63, 3.8) is 0 Å². The number of amides is 1. The van der Waals surface area contributed by atoms with Gasteiger partial charge in [0.2, 0.25) is 0 Å². The summed E-state index contributed by atoms with van der Waals surface area (Å²) >= 11 is 0. The molecule has 2 rings (SSSR count). The number of hydrogen-bond donors (Lipinski definition) is 3. The normalized spacial score (nSPS) is 11.8. The molecule has 3 N–H and O–H groups in total. The molecular weight excluding hydrogens is 489 g/mol. The molecule has 30 heavy (non-hydrogen) atoms. The zero-order valence-electron chi connectivity index (χ0n) is 18.3. The molecule has 6 nitrogen and oxygen atoms in total. The van der Waals surface area contributed by atoms with Crippen LogP contribution in [-0.4, -0.2) is 51.6 Å². The zero-order chi connectivity index (χ0) is 21.1. The monoisotopic (exact) mass is 523 g/mol. The fourth-order valence-electron chi connectivity index (χ4n) is 2.94. The van der Waals surface area contributed by atoms with E-state index in [1.807, 2.05) is 42.5 Å². The number of guanidine groups is 1. The first-order valence-corrected chi connectivity index (χ1v) is 10.2. The average molecular weight is 523 g/mol. The van der Waals surface area contributed by atoms with Crippen LogP contribution in [0, 0.1) is 0 Å². The summed E-state index contributed by atoms with van der Waals surface area (Å²) in [7, 11) is 3.74. The fourth-order valence-corrected chi connectivity index (χ4v) is 2.94. The van der Waals surface area contributed by atoms with Gasteiger partial charge in [0, 0.05) is 44.5 Å². The largest absolute Gasteiger partial charge is 0.370 e. The van der Waals surface area contributed by atoms with E-state index in [0.717, 1.165) is 31.0 Å². The summed E-state index contributed by atoms with van der Waals surface area (Å²) in [6.45, 7) is 6.47. The second kappa shape index (κ2) is 13.8. The number of aliphatic imine (C=N–C) groups is 1. The molecule has 1 atom stereocenters. The van der Waals surface area contributed by atoms with Gasteiger partial charge in [-0.1, -0.05) is 30.3 Å². The van der Waals surface area contributed by atoms with Crippen LogP contribution in [0.5, 0.6) is 0 Å². The van der Waals surface area contributed by atoms with Crippen LogP contribution in [0.15, 0.2) is 59.6 Å². The molecule has 0 aliphatic rings. The highest BCUT2D eigenvalue weighted by Gasteiger charge is 2.10. The Labute approximate surface area is 197 Å². The minimum absolute atomic E-state index is 0. The van der Waals surface area contributed by atoms with Gasteiger partial charge in [-0.15, -0.1) is 24.0 Å². The van der Waals surface area contributed by atoms with E-state index in [1.54, 1.807) is 7.05 Å². The van der Waals surface area contributed by atoms with Gasteiger partial charge in [-0.2, -0.15) is 0 Å². The summed E-state index contributed by atoms with van der Waals surface area (Å²) in [5.74, 6) is 0.745. The molecule has 2 aromatic rings. The summed E-state index contributed by atoms with van der Waals surface area (Å²) in [6, 6.07) is 18.3. The van der Waals surface area contributed by atoms with Gasteiger partial charge in [0.25, 0.3) is 5.91 Å². The second-order valence-electron chi connectivity index (χ2n) is 6.97. The molecule has 164 valence electrons. The number of hydrogen-bond acceptors (Lipinski definition) is 3. The molecule has 1 amide bonds. The fraction of sp³-hybridized carbons (Fsp3) is 0.391. The number of carbonyl (C=O) groups excluding carboxylic acids is 1. The summed E-state index contributed by atoms with van der Waals surface area (Å²) in [6.07, 6.45) is 0.814. The Morgan fingerprint density at radius 2 is 1.83 bits per heavy atom. The van der Waals surface area contributed by atoms with Crippen molar-refractivity contribution in [1.29, 1.82) is 0 Å². The number of anilines is 1. The number of nitrogens with zero attached hydrogens (tertiary/aromatic N) is 2. The van der Waals surface area contributed by atoms with E-state index in [0.29, 0.717) is 12.1 Å². The predicted molar refractivity (Wildman–Crippen MR) is 137 cm³/mol. The highest BCUT2D eigenvalue weighted by Crippen LogP contribution is 2.14. The maximum absolute atomic E-state index is 11.8. The quantitative estimate of drug-likeness (QED) is 0.268. The first kappa shape index (κ1) is 25.7. The number of benzene rings is 2. The van der Waals surface area contributed by atoms with E-state index in [9.17, 15) is 4.79 Å². The van der Waals surface area contributed by atoms with Crippen LogP contribution >= 0.6 is 24.0 Å². The summed E-state index contributed by atoms with van der Waals surface area (Å²) < 4.78 is 0. The predicted octanol–water partition coefficient (Wildman–Crippen LogP) is 3.29. The molecule has 0 fully saturated rings. The molecule has 0 aromatic heterocycles. The Bertz CT molecular complexity index is 797. The van der Waals surface area contributed by atoms with Crippen LogP contribution in [-0.2, 0) is 6.42 Å². The molecule has 2 aromatic carbocycles. The van der Waals surface area contributed by atoms with Gasteiger partial charge in [0.1, 0.15) is 0 Å². The first-order chi connectivity index (χ1) is 14.0. The topological polar surface area (TPSA) is 68.8 Å². The van der Waals surface area contributed by atoms with Gasteiger partial charge in [-0.3, -0.25) is 9.79 Å². The third-order valence-corrected chi connectivity index (χ3v) is 4.80. The van der Waals surface area contributed by atoms with Crippen LogP contribution in [0.2, 0.25) is 0 Å². The number of carbonyl (C=O) groups is 1. The van der Waals surface area contributed by atoms with Crippen molar-refractivity contribution >= 4 is 41.5 Å². The van der Waals surface area contributed by atoms with E-state index in [2.05, 4.69) is 53.9 Å². The molecule has 0 radical (unpaired) electrons.